The van der Waals surface area contributed by atoms with Gasteiger partial charge in [-0.05, 0) is 32.9 Å². The minimum absolute atomic E-state index is 0.0633. The standard InChI is InChI=1S/C13H14Cl2FN3/c1-13(2,3)19-10(7-14)17-18-12(19)8-5-4-6-9(15)11(8)16/h4-6H,7H2,1-3H3. The predicted molar refractivity (Wildman–Crippen MR) is 75.0 cm³/mol. The molecule has 0 saturated heterocycles. The molecule has 0 aliphatic carbocycles. The summed E-state index contributed by atoms with van der Waals surface area (Å²) in [6, 6.07) is 4.81. The second kappa shape index (κ2) is 5.10. The van der Waals surface area contributed by atoms with Crippen molar-refractivity contribution in [1.82, 2.24) is 14.8 Å². The first kappa shape index (κ1) is 14.3. The van der Waals surface area contributed by atoms with E-state index in [1.54, 1.807) is 12.1 Å². The molecule has 1 heterocycles. The van der Waals surface area contributed by atoms with E-state index >= 15 is 0 Å². The Morgan fingerprint density at radius 3 is 2.53 bits per heavy atom. The van der Waals surface area contributed by atoms with Crippen LogP contribution in [0.2, 0.25) is 5.02 Å². The number of nitrogens with zero attached hydrogens (tertiary/aromatic N) is 3. The molecule has 102 valence electrons. The maximum absolute atomic E-state index is 14.1. The molecule has 0 radical (unpaired) electrons. The Hall–Kier alpha value is -1.13. The van der Waals surface area contributed by atoms with Gasteiger partial charge in [-0.2, -0.15) is 0 Å². The lowest BCUT2D eigenvalue weighted by molar-refractivity contribution is 0.389. The van der Waals surface area contributed by atoms with E-state index in [-0.39, 0.29) is 16.4 Å². The molecule has 0 N–H and O–H groups in total. The van der Waals surface area contributed by atoms with Gasteiger partial charge in [-0.15, -0.1) is 21.8 Å². The molecule has 1 aromatic carbocycles. The van der Waals surface area contributed by atoms with Gasteiger partial charge < -0.3 is 4.57 Å². The van der Waals surface area contributed by atoms with Crippen LogP contribution in [-0.2, 0) is 11.4 Å². The zero-order valence-corrected chi connectivity index (χ0v) is 12.4. The molecule has 0 bridgehead atoms. The van der Waals surface area contributed by atoms with E-state index in [2.05, 4.69) is 10.2 Å². The van der Waals surface area contributed by atoms with Gasteiger partial charge in [0.1, 0.15) is 5.82 Å². The molecule has 19 heavy (non-hydrogen) atoms. The summed E-state index contributed by atoms with van der Waals surface area (Å²) < 4.78 is 16.0. The molecule has 3 nitrogen and oxygen atoms in total. The Labute approximate surface area is 121 Å². The summed E-state index contributed by atoms with van der Waals surface area (Å²) in [5, 5.41) is 8.14. The van der Waals surface area contributed by atoms with E-state index in [4.69, 9.17) is 23.2 Å². The van der Waals surface area contributed by atoms with Gasteiger partial charge in [0.2, 0.25) is 0 Å². The molecular weight excluding hydrogens is 288 g/mol. The third kappa shape index (κ3) is 2.60. The Bertz CT molecular complexity index is 602. The molecular formula is C13H14Cl2FN3. The fraction of sp³-hybridized carbons (Fsp3) is 0.385. The van der Waals surface area contributed by atoms with Crippen LogP contribution in [0.15, 0.2) is 18.2 Å². The summed E-state index contributed by atoms with van der Waals surface area (Å²) in [6.07, 6.45) is 0. The van der Waals surface area contributed by atoms with Crippen LogP contribution < -0.4 is 0 Å². The SMILES string of the molecule is CC(C)(C)n1c(CCl)nnc1-c1cccc(Cl)c1F. The molecule has 2 rings (SSSR count). The number of aromatic nitrogens is 3. The van der Waals surface area contributed by atoms with Gasteiger partial charge in [-0.25, -0.2) is 4.39 Å². The molecule has 0 spiro atoms. The van der Waals surface area contributed by atoms with Crippen LogP contribution in [0.4, 0.5) is 4.39 Å². The molecule has 0 fully saturated rings. The summed E-state index contributed by atoms with van der Waals surface area (Å²) in [5.74, 6) is 0.752. The Kier molecular flexibility index (Phi) is 3.83. The highest BCUT2D eigenvalue weighted by atomic mass is 35.5. The zero-order chi connectivity index (χ0) is 14.2. The second-order valence-electron chi connectivity index (χ2n) is 5.18. The van der Waals surface area contributed by atoms with Crippen molar-refractivity contribution in [2.24, 2.45) is 0 Å². The first-order valence-electron chi connectivity index (χ1n) is 5.81. The van der Waals surface area contributed by atoms with E-state index < -0.39 is 5.82 Å². The minimum Gasteiger partial charge on any atom is -0.305 e. The van der Waals surface area contributed by atoms with Crippen molar-refractivity contribution in [3.8, 4) is 11.4 Å². The number of hydrogen-bond donors (Lipinski definition) is 0. The summed E-state index contributed by atoms with van der Waals surface area (Å²) in [4.78, 5) is 0. The third-order valence-electron chi connectivity index (χ3n) is 2.71. The summed E-state index contributed by atoms with van der Waals surface area (Å²) in [6.45, 7) is 5.95. The van der Waals surface area contributed by atoms with E-state index in [0.717, 1.165) is 0 Å². The molecule has 0 amide bonds. The maximum atomic E-state index is 14.1. The van der Waals surface area contributed by atoms with Gasteiger partial charge in [0.15, 0.2) is 11.6 Å². The van der Waals surface area contributed by atoms with Crippen molar-refractivity contribution in [2.45, 2.75) is 32.2 Å². The average Bonchev–Trinajstić information content (AvgIpc) is 2.76. The van der Waals surface area contributed by atoms with Crippen molar-refractivity contribution in [2.75, 3.05) is 0 Å². The first-order valence-corrected chi connectivity index (χ1v) is 6.72. The lowest BCUT2D eigenvalue weighted by Crippen LogP contribution is -2.25. The first-order chi connectivity index (χ1) is 8.86. The summed E-state index contributed by atoms with van der Waals surface area (Å²) in [5.41, 5.74) is 0.0175. The Balaban J connectivity index is 2.70. The highest BCUT2D eigenvalue weighted by Gasteiger charge is 2.25. The molecule has 0 unspecified atom stereocenters. The van der Waals surface area contributed by atoms with E-state index in [9.17, 15) is 4.39 Å². The zero-order valence-electron chi connectivity index (χ0n) is 10.9. The molecule has 0 aliphatic heterocycles. The number of alkyl halides is 1. The van der Waals surface area contributed by atoms with Gasteiger partial charge in [-0.1, -0.05) is 17.7 Å². The normalized spacial score (nSPS) is 11.9. The number of benzene rings is 1. The summed E-state index contributed by atoms with van der Waals surface area (Å²) >= 11 is 11.7. The lowest BCUT2D eigenvalue weighted by Gasteiger charge is -2.24. The molecule has 2 aromatic rings. The number of halogens is 3. The van der Waals surface area contributed by atoms with Crippen molar-refractivity contribution < 1.29 is 4.39 Å². The lowest BCUT2D eigenvalue weighted by atomic mass is 10.1. The molecule has 0 atom stereocenters. The largest absolute Gasteiger partial charge is 0.305 e. The number of rotatable bonds is 2. The monoisotopic (exact) mass is 301 g/mol. The van der Waals surface area contributed by atoms with Crippen LogP contribution in [0.1, 0.15) is 26.6 Å². The van der Waals surface area contributed by atoms with Gasteiger partial charge in [0.25, 0.3) is 0 Å². The minimum atomic E-state index is -0.497. The summed E-state index contributed by atoms with van der Waals surface area (Å²) in [7, 11) is 0. The smallest absolute Gasteiger partial charge is 0.167 e. The number of hydrogen-bond acceptors (Lipinski definition) is 2. The van der Waals surface area contributed by atoms with Crippen molar-refractivity contribution in [1.29, 1.82) is 0 Å². The van der Waals surface area contributed by atoms with Crippen LogP contribution >= 0.6 is 23.2 Å². The fourth-order valence-corrected chi connectivity index (χ4v) is 2.31. The molecule has 1 aromatic heterocycles. The van der Waals surface area contributed by atoms with Crippen molar-refractivity contribution in [3.05, 3.63) is 34.9 Å². The molecule has 0 saturated carbocycles. The van der Waals surface area contributed by atoms with Gasteiger partial charge >= 0.3 is 0 Å². The highest BCUT2D eigenvalue weighted by molar-refractivity contribution is 6.31. The Morgan fingerprint density at radius 1 is 1.26 bits per heavy atom. The van der Waals surface area contributed by atoms with Crippen molar-refractivity contribution in [3.63, 3.8) is 0 Å². The highest BCUT2D eigenvalue weighted by Crippen LogP contribution is 2.30. The molecule has 6 heteroatoms. The van der Waals surface area contributed by atoms with Gasteiger partial charge in [0, 0.05) is 5.54 Å². The Morgan fingerprint density at radius 2 is 1.95 bits per heavy atom. The fourth-order valence-electron chi connectivity index (χ4n) is 1.96. The van der Waals surface area contributed by atoms with E-state index in [1.807, 2.05) is 25.3 Å². The van der Waals surface area contributed by atoms with Crippen LogP contribution in [0.25, 0.3) is 11.4 Å². The topological polar surface area (TPSA) is 30.7 Å². The quantitative estimate of drug-likeness (QED) is 0.777. The maximum Gasteiger partial charge on any atom is 0.167 e. The molecule has 0 aliphatic rings. The van der Waals surface area contributed by atoms with Gasteiger partial charge in [0.05, 0.1) is 16.5 Å². The van der Waals surface area contributed by atoms with E-state index in [1.165, 1.54) is 6.07 Å². The van der Waals surface area contributed by atoms with Gasteiger partial charge in [-0.3, -0.25) is 0 Å². The second-order valence-corrected chi connectivity index (χ2v) is 5.86. The average molecular weight is 302 g/mol. The predicted octanol–water partition coefficient (Wildman–Crippen LogP) is 4.23. The third-order valence-corrected chi connectivity index (χ3v) is 3.24. The van der Waals surface area contributed by atoms with Crippen molar-refractivity contribution >= 4 is 23.2 Å². The van der Waals surface area contributed by atoms with Crippen LogP contribution in [0.3, 0.4) is 0 Å². The van der Waals surface area contributed by atoms with Crippen LogP contribution in [0, 0.1) is 5.82 Å². The van der Waals surface area contributed by atoms with E-state index in [0.29, 0.717) is 17.2 Å². The van der Waals surface area contributed by atoms with Crippen LogP contribution in [0.5, 0.6) is 0 Å². The van der Waals surface area contributed by atoms with Crippen LogP contribution in [-0.4, -0.2) is 14.8 Å².